The molecule has 0 unspecified atom stereocenters. The number of nitrogens with two attached hydrogens (primary N) is 2. The molecule has 7 heteroatoms. The van der Waals surface area contributed by atoms with Crippen LogP contribution in [0.5, 0.6) is 0 Å². The topological polar surface area (TPSA) is 102 Å². The number of rotatable bonds is 4. The molecule has 1 aromatic carbocycles. The smallest absolute Gasteiger partial charge is 0.242 e. The number of sulfonamides is 1. The highest BCUT2D eigenvalue weighted by molar-refractivity contribution is 7.89. The molecule has 0 radical (unpaired) electrons. The normalized spacial score (nSPS) is 11.5. The van der Waals surface area contributed by atoms with Gasteiger partial charge in [-0.15, -0.1) is 0 Å². The highest BCUT2D eigenvalue weighted by Crippen LogP contribution is 2.14. The average Bonchev–Trinajstić information content (AvgIpc) is 2.26. The Morgan fingerprint density at radius 3 is 2.18 bits per heavy atom. The largest absolute Gasteiger partial charge is 0.370 e. The molecule has 4 N–H and O–H groups in total. The van der Waals surface area contributed by atoms with Crippen LogP contribution in [0.2, 0.25) is 0 Å². The van der Waals surface area contributed by atoms with Gasteiger partial charge >= 0.3 is 0 Å². The van der Waals surface area contributed by atoms with Gasteiger partial charge in [0, 0.05) is 14.1 Å². The lowest BCUT2D eigenvalue weighted by Crippen LogP contribution is -2.23. The minimum atomic E-state index is -3.38. The van der Waals surface area contributed by atoms with Crippen LogP contribution in [0.1, 0.15) is 5.56 Å². The third-order valence-corrected chi connectivity index (χ3v) is 3.98. The third-order valence-electron chi connectivity index (χ3n) is 2.15. The molecule has 0 fully saturated rings. The van der Waals surface area contributed by atoms with E-state index in [1.165, 1.54) is 26.2 Å². The first-order valence-corrected chi connectivity index (χ1v) is 6.35. The average molecular weight is 256 g/mol. The molecule has 0 aromatic heterocycles. The Hall–Kier alpha value is -1.60. The summed E-state index contributed by atoms with van der Waals surface area (Å²) in [6.07, 6.45) is 0. The first kappa shape index (κ1) is 13.5. The van der Waals surface area contributed by atoms with Gasteiger partial charge in [0.1, 0.15) is 0 Å². The zero-order chi connectivity index (χ0) is 13.1. The van der Waals surface area contributed by atoms with Crippen molar-refractivity contribution in [3.05, 3.63) is 29.8 Å². The van der Waals surface area contributed by atoms with Crippen molar-refractivity contribution >= 4 is 16.0 Å². The van der Waals surface area contributed by atoms with Crippen LogP contribution in [0.4, 0.5) is 0 Å². The molecule has 0 saturated carbocycles. The number of hydrogen-bond donors (Lipinski definition) is 2. The molecule has 0 spiro atoms. The summed E-state index contributed by atoms with van der Waals surface area (Å²) in [5, 5.41) is 0. The Kier molecular flexibility index (Phi) is 4.08. The number of aliphatic imine (C=N–C) groups is 1. The molecular formula is C10H16N4O2S. The second-order valence-corrected chi connectivity index (χ2v) is 5.82. The van der Waals surface area contributed by atoms with Crippen LogP contribution in [0, 0.1) is 0 Å². The van der Waals surface area contributed by atoms with Crippen molar-refractivity contribution in [3.63, 3.8) is 0 Å². The summed E-state index contributed by atoms with van der Waals surface area (Å²) in [6, 6.07) is 6.44. The number of benzene rings is 1. The quantitative estimate of drug-likeness (QED) is 0.571. The van der Waals surface area contributed by atoms with Crippen LogP contribution in [0.15, 0.2) is 34.2 Å². The monoisotopic (exact) mass is 256 g/mol. The van der Waals surface area contributed by atoms with E-state index in [-0.39, 0.29) is 10.9 Å². The van der Waals surface area contributed by atoms with Crippen molar-refractivity contribution < 1.29 is 8.42 Å². The van der Waals surface area contributed by atoms with E-state index < -0.39 is 10.0 Å². The maximum Gasteiger partial charge on any atom is 0.242 e. The molecule has 0 aliphatic heterocycles. The SMILES string of the molecule is CN(C)S(=O)(=O)c1ccc(CN=C(N)N)cc1. The molecule has 6 nitrogen and oxygen atoms in total. The van der Waals surface area contributed by atoms with E-state index in [2.05, 4.69) is 4.99 Å². The molecule has 0 atom stereocenters. The van der Waals surface area contributed by atoms with Gasteiger partial charge in [-0.25, -0.2) is 17.7 Å². The zero-order valence-corrected chi connectivity index (χ0v) is 10.6. The molecule has 94 valence electrons. The van der Waals surface area contributed by atoms with Gasteiger partial charge in [-0.3, -0.25) is 0 Å². The Morgan fingerprint density at radius 1 is 1.24 bits per heavy atom. The van der Waals surface area contributed by atoms with Crippen LogP contribution in [-0.2, 0) is 16.6 Å². The van der Waals surface area contributed by atoms with Crippen LogP contribution < -0.4 is 11.5 Å². The fourth-order valence-electron chi connectivity index (χ4n) is 1.16. The van der Waals surface area contributed by atoms with Gasteiger partial charge in [0.2, 0.25) is 10.0 Å². The lowest BCUT2D eigenvalue weighted by atomic mass is 10.2. The maximum atomic E-state index is 11.8. The number of hydrogen-bond acceptors (Lipinski definition) is 3. The molecule has 1 aromatic rings. The molecule has 0 saturated heterocycles. The van der Waals surface area contributed by atoms with E-state index in [0.29, 0.717) is 6.54 Å². The van der Waals surface area contributed by atoms with Gasteiger partial charge in [-0.2, -0.15) is 0 Å². The Labute approximate surface area is 101 Å². The summed E-state index contributed by atoms with van der Waals surface area (Å²) >= 11 is 0. The van der Waals surface area contributed by atoms with E-state index in [9.17, 15) is 8.42 Å². The van der Waals surface area contributed by atoms with E-state index >= 15 is 0 Å². The first-order valence-electron chi connectivity index (χ1n) is 4.91. The summed E-state index contributed by atoms with van der Waals surface area (Å²) in [7, 11) is -0.399. The van der Waals surface area contributed by atoms with Crippen LogP contribution >= 0.6 is 0 Å². The van der Waals surface area contributed by atoms with E-state index in [1.54, 1.807) is 12.1 Å². The van der Waals surface area contributed by atoms with Gasteiger partial charge in [0.05, 0.1) is 11.4 Å². The van der Waals surface area contributed by atoms with E-state index in [4.69, 9.17) is 11.5 Å². The van der Waals surface area contributed by atoms with Crippen molar-refractivity contribution in [1.82, 2.24) is 4.31 Å². The van der Waals surface area contributed by atoms with Crippen LogP contribution in [-0.4, -0.2) is 32.8 Å². The van der Waals surface area contributed by atoms with Gasteiger partial charge < -0.3 is 11.5 Å². The first-order chi connectivity index (χ1) is 7.84. The summed E-state index contributed by atoms with van der Waals surface area (Å²) in [4.78, 5) is 4.08. The Morgan fingerprint density at radius 2 is 1.76 bits per heavy atom. The van der Waals surface area contributed by atoms with Gasteiger partial charge in [-0.1, -0.05) is 12.1 Å². The minimum absolute atomic E-state index is 0.00925. The highest BCUT2D eigenvalue weighted by atomic mass is 32.2. The van der Waals surface area contributed by atoms with Crippen molar-refractivity contribution in [1.29, 1.82) is 0 Å². The molecule has 0 heterocycles. The van der Waals surface area contributed by atoms with E-state index in [0.717, 1.165) is 9.87 Å². The van der Waals surface area contributed by atoms with Crippen LogP contribution in [0.3, 0.4) is 0 Å². The Bertz CT molecular complexity index is 502. The fraction of sp³-hybridized carbons (Fsp3) is 0.300. The third kappa shape index (κ3) is 3.43. The van der Waals surface area contributed by atoms with Crippen molar-refractivity contribution in [2.45, 2.75) is 11.4 Å². The summed E-state index contributed by atoms with van der Waals surface area (Å²) in [5.74, 6) is 0.00925. The van der Waals surface area contributed by atoms with Gasteiger partial charge in [0.25, 0.3) is 0 Å². The maximum absolute atomic E-state index is 11.8. The predicted molar refractivity (Wildman–Crippen MR) is 66.8 cm³/mol. The second-order valence-electron chi connectivity index (χ2n) is 3.67. The molecule has 0 amide bonds. The van der Waals surface area contributed by atoms with Gasteiger partial charge in [0.15, 0.2) is 5.96 Å². The molecule has 0 aliphatic carbocycles. The highest BCUT2D eigenvalue weighted by Gasteiger charge is 2.16. The van der Waals surface area contributed by atoms with Crippen molar-refractivity contribution in [3.8, 4) is 0 Å². The number of nitrogens with zero attached hydrogens (tertiary/aromatic N) is 2. The molecule has 1 rings (SSSR count). The van der Waals surface area contributed by atoms with Crippen LogP contribution in [0.25, 0.3) is 0 Å². The fourth-order valence-corrected chi connectivity index (χ4v) is 2.06. The lowest BCUT2D eigenvalue weighted by Gasteiger charge is -2.11. The molecular weight excluding hydrogens is 240 g/mol. The molecule has 0 aliphatic rings. The molecule has 0 bridgehead atoms. The molecule has 17 heavy (non-hydrogen) atoms. The summed E-state index contributed by atoms with van der Waals surface area (Å²) in [6.45, 7) is 0.338. The predicted octanol–water partition coefficient (Wildman–Crippen LogP) is -0.290. The van der Waals surface area contributed by atoms with E-state index in [1.807, 2.05) is 0 Å². The lowest BCUT2D eigenvalue weighted by molar-refractivity contribution is 0.520. The second kappa shape index (κ2) is 5.15. The Balaban J connectivity index is 2.93. The number of guanidine groups is 1. The zero-order valence-electron chi connectivity index (χ0n) is 9.79. The summed E-state index contributed by atoms with van der Waals surface area (Å²) in [5.41, 5.74) is 11.3. The van der Waals surface area contributed by atoms with Gasteiger partial charge in [-0.05, 0) is 17.7 Å². The van der Waals surface area contributed by atoms with Crippen molar-refractivity contribution in [2.75, 3.05) is 14.1 Å². The standard InChI is InChI=1S/C10H16N4O2S/c1-14(2)17(15,16)9-5-3-8(4-6-9)7-13-10(11)12/h3-6H,7H2,1-2H3,(H4,11,12,13). The minimum Gasteiger partial charge on any atom is -0.370 e. The summed E-state index contributed by atoms with van der Waals surface area (Å²) < 4.78 is 24.7. The van der Waals surface area contributed by atoms with Crippen molar-refractivity contribution in [2.24, 2.45) is 16.5 Å².